The molecule has 0 aliphatic rings. The third-order valence-electron chi connectivity index (χ3n) is 1.93. The second-order valence-corrected chi connectivity index (χ2v) is 5.51. The third kappa shape index (κ3) is 6.79. The van der Waals surface area contributed by atoms with Crippen LogP contribution in [0.1, 0.15) is 39.0 Å². The van der Waals surface area contributed by atoms with Gasteiger partial charge in [0, 0.05) is 13.2 Å². The lowest BCUT2D eigenvalue weighted by Crippen LogP contribution is -2.37. The van der Waals surface area contributed by atoms with Gasteiger partial charge in [-0.1, -0.05) is 32.6 Å². The first-order valence-electron chi connectivity index (χ1n) is 4.62. The van der Waals surface area contributed by atoms with Crippen LogP contribution in [0.2, 0.25) is 6.04 Å². The molecule has 0 saturated carbocycles. The van der Waals surface area contributed by atoms with Crippen molar-refractivity contribution < 1.29 is 14.0 Å². The maximum atomic E-state index is 9.15. The summed E-state index contributed by atoms with van der Waals surface area (Å²) in [7, 11) is -1.88. The van der Waals surface area contributed by atoms with Crippen LogP contribution in [0.25, 0.3) is 0 Å². The first kappa shape index (κ1) is 12.1. The van der Waals surface area contributed by atoms with Crippen LogP contribution in [-0.4, -0.2) is 25.5 Å². The fourth-order valence-electron chi connectivity index (χ4n) is 1.06. The molecule has 2 N–H and O–H groups in total. The predicted octanol–water partition coefficient (Wildman–Crippen LogP) is 1.53. The van der Waals surface area contributed by atoms with Gasteiger partial charge in [0.1, 0.15) is 0 Å². The molecule has 0 saturated heterocycles. The Balaban J connectivity index is 3.19. The summed E-state index contributed by atoms with van der Waals surface area (Å²) < 4.78 is 4.59. The first-order chi connectivity index (χ1) is 5.62. The van der Waals surface area contributed by atoms with E-state index in [2.05, 4.69) is 11.3 Å². The first-order valence-corrected chi connectivity index (χ1v) is 6.63. The fraction of sp³-hybridized carbons (Fsp3) is 1.00. The van der Waals surface area contributed by atoms with Gasteiger partial charge < -0.3 is 14.0 Å². The van der Waals surface area contributed by atoms with Crippen molar-refractivity contribution in [3.8, 4) is 0 Å². The Labute approximate surface area is 75.7 Å². The zero-order valence-corrected chi connectivity index (χ0v) is 9.05. The van der Waals surface area contributed by atoms with Crippen molar-refractivity contribution in [3.63, 3.8) is 0 Å². The quantitative estimate of drug-likeness (QED) is 0.475. The van der Waals surface area contributed by atoms with Gasteiger partial charge in [-0.3, -0.25) is 0 Å². The molecule has 0 rings (SSSR count). The topological polar surface area (TPSA) is 49.7 Å². The average Bonchev–Trinajstić information content (AvgIpc) is 2.04. The smallest absolute Gasteiger partial charge is 0.390 e. The SMILES string of the molecule is CCCCCCC[Si](O)(O)OC. The summed E-state index contributed by atoms with van der Waals surface area (Å²) in [5, 5.41) is 0. The van der Waals surface area contributed by atoms with Crippen LogP contribution in [-0.2, 0) is 4.43 Å². The average molecular weight is 192 g/mol. The molecule has 0 amide bonds. The second-order valence-electron chi connectivity index (χ2n) is 3.11. The Morgan fingerprint density at radius 2 is 1.67 bits per heavy atom. The van der Waals surface area contributed by atoms with Crippen LogP contribution in [0.15, 0.2) is 0 Å². The van der Waals surface area contributed by atoms with Crippen molar-refractivity contribution in [2.24, 2.45) is 0 Å². The molecule has 3 nitrogen and oxygen atoms in total. The molecule has 0 bridgehead atoms. The Kier molecular flexibility index (Phi) is 6.65. The van der Waals surface area contributed by atoms with E-state index in [0.29, 0.717) is 6.04 Å². The van der Waals surface area contributed by atoms with E-state index in [-0.39, 0.29) is 0 Å². The van der Waals surface area contributed by atoms with Gasteiger partial charge >= 0.3 is 8.80 Å². The fourth-order valence-corrected chi connectivity index (χ4v) is 1.98. The molecular weight excluding hydrogens is 172 g/mol. The van der Waals surface area contributed by atoms with Gasteiger partial charge in [-0.05, 0) is 6.42 Å². The molecule has 0 heterocycles. The third-order valence-corrected chi connectivity index (χ3v) is 3.59. The van der Waals surface area contributed by atoms with Gasteiger partial charge in [-0.15, -0.1) is 0 Å². The van der Waals surface area contributed by atoms with Gasteiger partial charge in [-0.2, -0.15) is 0 Å². The molecule has 4 heteroatoms. The highest BCUT2D eigenvalue weighted by molar-refractivity contribution is 6.57. The van der Waals surface area contributed by atoms with Crippen LogP contribution < -0.4 is 0 Å². The van der Waals surface area contributed by atoms with E-state index in [4.69, 9.17) is 9.59 Å². The van der Waals surface area contributed by atoms with Gasteiger partial charge in [0.2, 0.25) is 0 Å². The van der Waals surface area contributed by atoms with Gasteiger partial charge in [0.05, 0.1) is 0 Å². The molecule has 0 aromatic carbocycles. The summed E-state index contributed by atoms with van der Waals surface area (Å²) in [6.45, 7) is 2.16. The van der Waals surface area contributed by atoms with Crippen LogP contribution in [0, 0.1) is 0 Å². The summed E-state index contributed by atoms with van der Waals surface area (Å²) in [6, 6.07) is 0.438. The van der Waals surface area contributed by atoms with E-state index in [1.54, 1.807) is 0 Å². The molecule has 0 aromatic heterocycles. The van der Waals surface area contributed by atoms with Crippen LogP contribution in [0.3, 0.4) is 0 Å². The zero-order chi connectivity index (χ0) is 9.45. The van der Waals surface area contributed by atoms with E-state index in [1.807, 2.05) is 0 Å². The molecule has 0 fully saturated rings. The van der Waals surface area contributed by atoms with Crippen LogP contribution >= 0.6 is 0 Å². The lowest BCUT2D eigenvalue weighted by atomic mass is 10.2. The highest BCUT2D eigenvalue weighted by Crippen LogP contribution is 2.11. The Morgan fingerprint density at radius 1 is 1.08 bits per heavy atom. The molecule has 12 heavy (non-hydrogen) atoms. The minimum absolute atomic E-state index is 0.438. The largest absolute Gasteiger partial charge is 0.495 e. The molecular formula is C8H20O3Si. The van der Waals surface area contributed by atoms with Crippen molar-refractivity contribution in [3.05, 3.63) is 0 Å². The standard InChI is InChI=1S/C8H20O3Si/c1-3-4-5-6-7-8-12(9,10)11-2/h9-10H,3-8H2,1-2H3. The summed E-state index contributed by atoms with van der Waals surface area (Å²) in [5.41, 5.74) is 0. The van der Waals surface area contributed by atoms with Crippen molar-refractivity contribution in [2.45, 2.75) is 45.1 Å². The number of unbranched alkanes of at least 4 members (excludes halogenated alkanes) is 4. The summed E-state index contributed by atoms with van der Waals surface area (Å²) in [6.07, 6.45) is 5.58. The Hall–Kier alpha value is 0.0969. The minimum atomic E-state index is -3.24. The number of hydrogen-bond donors (Lipinski definition) is 2. The normalized spacial score (nSPS) is 12.0. The molecule has 0 aliphatic carbocycles. The maximum Gasteiger partial charge on any atom is 0.495 e. The van der Waals surface area contributed by atoms with Crippen LogP contribution in [0.5, 0.6) is 0 Å². The molecule has 0 aromatic rings. The Bertz CT molecular complexity index is 106. The highest BCUT2D eigenvalue weighted by atomic mass is 28.4. The van der Waals surface area contributed by atoms with E-state index in [9.17, 15) is 0 Å². The van der Waals surface area contributed by atoms with E-state index in [1.165, 1.54) is 26.4 Å². The summed E-state index contributed by atoms with van der Waals surface area (Å²) in [5.74, 6) is 0. The monoisotopic (exact) mass is 192 g/mol. The van der Waals surface area contributed by atoms with Gasteiger partial charge in [-0.25, -0.2) is 0 Å². The Morgan fingerprint density at radius 3 is 2.17 bits per heavy atom. The lowest BCUT2D eigenvalue weighted by Gasteiger charge is -2.13. The molecule has 0 radical (unpaired) electrons. The van der Waals surface area contributed by atoms with Gasteiger partial charge in [0.15, 0.2) is 0 Å². The number of rotatable bonds is 7. The second kappa shape index (κ2) is 6.60. The highest BCUT2D eigenvalue weighted by Gasteiger charge is 2.29. The molecule has 74 valence electrons. The maximum absolute atomic E-state index is 9.15. The minimum Gasteiger partial charge on any atom is -0.390 e. The van der Waals surface area contributed by atoms with Crippen molar-refractivity contribution in [1.29, 1.82) is 0 Å². The molecule has 0 atom stereocenters. The summed E-state index contributed by atoms with van der Waals surface area (Å²) in [4.78, 5) is 18.3. The molecule has 0 unspecified atom stereocenters. The zero-order valence-electron chi connectivity index (χ0n) is 8.05. The molecule has 0 spiro atoms. The van der Waals surface area contributed by atoms with E-state index >= 15 is 0 Å². The van der Waals surface area contributed by atoms with Crippen molar-refractivity contribution in [2.75, 3.05) is 7.11 Å². The lowest BCUT2D eigenvalue weighted by molar-refractivity contribution is 0.183. The number of hydrogen-bond acceptors (Lipinski definition) is 3. The van der Waals surface area contributed by atoms with Crippen LogP contribution in [0.4, 0.5) is 0 Å². The predicted molar refractivity (Wildman–Crippen MR) is 50.8 cm³/mol. The summed E-state index contributed by atoms with van der Waals surface area (Å²) >= 11 is 0. The molecule has 0 aliphatic heterocycles. The van der Waals surface area contributed by atoms with Crippen molar-refractivity contribution in [1.82, 2.24) is 0 Å². The van der Waals surface area contributed by atoms with Crippen molar-refractivity contribution >= 4 is 8.80 Å². The van der Waals surface area contributed by atoms with Gasteiger partial charge in [0.25, 0.3) is 0 Å². The van der Waals surface area contributed by atoms with E-state index in [0.717, 1.165) is 12.8 Å². The van der Waals surface area contributed by atoms with E-state index < -0.39 is 8.80 Å².